The molecule has 1 aromatic heterocycles. The van der Waals surface area contributed by atoms with E-state index in [9.17, 15) is 14.3 Å². The molecule has 1 unspecified atom stereocenters. The lowest BCUT2D eigenvalue weighted by Gasteiger charge is -2.11. The molecule has 0 spiro atoms. The molecular weight excluding hydrogens is 251 g/mol. The SMILES string of the molecule is Cc1cc(C(=O)NCC(O)c2ccc(F)cc2)on1. The Bertz CT molecular complexity index is 566. The normalized spacial score (nSPS) is 12.2. The standard InChI is InChI=1S/C13H13FN2O3/c1-8-6-12(19-16-8)13(18)15-7-11(17)9-2-4-10(14)5-3-9/h2-6,11,17H,7H2,1H3,(H,15,18). The number of amides is 1. The second-order valence-corrected chi connectivity index (χ2v) is 4.11. The zero-order chi connectivity index (χ0) is 13.8. The second-order valence-electron chi connectivity index (χ2n) is 4.11. The van der Waals surface area contributed by atoms with Crippen molar-refractivity contribution < 1.29 is 18.8 Å². The Morgan fingerprint density at radius 3 is 2.74 bits per heavy atom. The highest BCUT2D eigenvalue weighted by Gasteiger charge is 2.14. The van der Waals surface area contributed by atoms with E-state index in [0.29, 0.717) is 11.3 Å². The van der Waals surface area contributed by atoms with Crippen molar-refractivity contribution in [3.8, 4) is 0 Å². The molecule has 0 radical (unpaired) electrons. The van der Waals surface area contributed by atoms with Crippen molar-refractivity contribution in [1.29, 1.82) is 0 Å². The van der Waals surface area contributed by atoms with E-state index in [-0.39, 0.29) is 18.1 Å². The Hall–Kier alpha value is -2.21. The summed E-state index contributed by atoms with van der Waals surface area (Å²) in [6.45, 7) is 1.71. The number of benzene rings is 1. The number of aryl methyl sites for hydroxylation is 1. The van der Waals surface area contributed by atoms with Gasteiger partial charge in [-0.25, -0.2) is 4.39 Å². The van der Waals surface area contributed by atoms with E-state index in [4.69, 9.17) is 4.52 Å². The minimum atomic E-state index is -0.909. The molecule has 1 amide bonds. The molecule has 19 heavy (non-hydrogen) atoms. The van der Waals surface area contributed by atoms with Crippen LogP contribution in [0.2, 0.25) is 0 Å². The molecule has 1 aromatic carbocycles. The van der Waals surface area contributed by atoms with Gasteiger partial charge in [0.05, 0.1) is 11.8 Å². The predicted octanol–water partition coefficient (Wildman–Crippen LogP) is 1.59. The number of aliphatic hydroxyl groups excluding tert-OH is 1. The smallest absolute Gasteiger partial charge is 0.290 e. The maximum absolute atomic E-state index is 12.7. The van der Waals surface area contributed by atoms with Gasteiger partial charge >= 0.3 is 0 Å². The average molecular weight is 264 g/mol. The van der Waals surface area contributed by atoms with Gasteiger partial charge in [0.25, 0.3) is 5.91 Å². The van der Waals surface area contributed by atoms with Crippen LogP contribution < -0.4 is 5.32 Å². The van der Waals surface area contributed by atoms with Gasteiger partial charge in [-0.3, -0.25) is 4.79 Å². The molecule has 0 aliphatic carbocycles. The van der Waals surface area contributed by atoms with Crippen LogP contribution in [0.3, 0.4) is 0 Å². The first-order valence-electron chi connectivity index (χ1n) is 5.71. The summed E-state index contributed by atoms with van der Waals surface area (Å²) in [5.74, 6) is -0.748. The first kappa shape index (κ1) is 13.2. The molecular formula is C13H13FN2O3. The summed E-state index contributed by atoms with van der Waals surface area (Å²) in [7, 11) is 0. The van der Waals surface area contributed by atoms with Gasteiger partial charge in [-0.15, -0.1) is 0 Å². The third-order valence-electron chi connectivity index (χ3n) is 2.56. The monoisotopic (exact) mass is 264 g/mol. The van der Waals surface area contributed by atoms with Crippen molar-refractivity contribution in [2.45, 2.75) is 13.0 Å². The molecule has 2 N–H and O–H groups in total. The summed E-state index contributed by atoms with van der Waals surface area (Å²) < 4.78 is 17.5. The minimum Gasteiger partial charge on any atom is -0.387 e. The summed E-state index contributed by atoms with van der Waals surface area (Å²) in [4.78, 5) is 11.6. The second kappa shape index (κ2) is 5.62. The Balaban J connectivity index is 1.91. The van der Waals surface area contributed by atoms with Crippen LogP contribution in [0, 0.1) is 12.7 Å². The number of hydrogen-bond donors (Lipinski definition) is 2. The van der Waals surface area contributed by atoms with E-state index in [1.807, 2.05) is 0 Å². The molecule has 0 saturated carbocycles. The number of halogens is 1. The van der Waals surface area contributed by atoms with Gasteiger partial charge in [0.2, 0.25) is 5.76 Å². The van der Waals surface area contributed by atoms with E-state index in [1.165, 1.54) is 30.3 Å². The lowest BCUT2D eigenvalue weighted by atomic mass is 10.1. The molecule has 5 nitrogen and oxygen atoms in total. The summed E-state index contributed by atoms with van der Waals surface area (Å²) in [6.07, 6.45) is -0.909. The van der Waals surface area contributed by atoms with Gasteiger partial charge in [0.1, 0.15) is 5.82 Å². The Morgan fingerprint density at radius 2 is 2.16 bits per heavy atom. The summed E-state index contributed by atoms with van der Waals surface area (Å²) >= 11 is 0. The number of nitrogens with zero attached hydrogens (tertiary/aromatic N) is 1. The number of aliphatic hydroxyl groups is 1. The molecule has 1 heterocycles. The summed E-state index contributed by atoms with van der Waals surface area (Å²) in [5, 5.41) is 15.9. The van der Waals surface area contributed by atoms with Crippen LogP contribution in [-0.4, -0.2) is 22.7 Å². The lowest BCUT2D eigenvalue weighted by molar-refractivity contribution is 0.0880. The van der Waals surface area contributed by atoms with Crippen molar-refractivity contribution in [2.24, 2.45) is 0 Å². The topological polar surface area (TPSA) is 75.4 Å². The van der Waals surface area contributed by atoms with Crippen LogP contribution in [-0.2, 0) is 0 Å². The third-order valence-corrected chi connectivity index (χ3v) is 2.56. The fourth-order valence-electron chi connectivity index (χ4n) is 1.55. The van der Waals surface area contributed by atoms with E-state index in [2.05, 4.69) is 10.5 Å². The van der Waals surface area contributed by atoms with Crippen molar-refractivity contribution >= 4 is 5.91 Å². The predicted molar refractivity (Wildman–Crippen MR) is 64.9 cm³/mol. The van der Waals surface area contributed by atoms with Crippen LogP contribution in [0.25, 0.3) is 0 Å². The Kier molecular flexibility index (Phi) is 3.91. The molecule has 0 bridgehead atoms. The van der Waals surface area contributed by atoms with Crippen LogP contribution in [0.15, 0.2) is 34.9 Å². The number of rotatable bonds is 4. The molecule has 2 rings (SSSR count). The molecule has 100 valence electrons. The van der Waals surface area contributed by atoms with Crippen molar-refractivity contribution in [3.05, 3.63) is 53.2 Å². The quantitative estimate of drug-likeness (QED) is 0.879. The van der Waals surface area contributed by atoms with Crippen LogP contribution in [0.5, 0.6) is 0 Å². The van der Waals surface area contributed by atoms with Gasteiger partial charge in [-0.1, -0.05) is 17.3 Å². The van der Waals surface area contributed by atoms with E-state index in [1.54, 1.807) is 6.92 Å². The molecule has 1 atom stereocenters. The lowest BCUT2D eigenvalue weighted by Crippen LogP contribution is -2.28. The molecule has 0 aliphatic heterocycles. The van der Waals surface area contributed by atoms with E-state index in [0.717, 1.165) is 0 Å². The number of carbonyl (C=O) groups excluding carboxylic acids is 1. The summed E-state index contributed by atoms with van der Waals surface area (Å²) in [6, 6.07) is 6.93. The maximum Gasteiger partial charge on any atom is 0.290 e. The van der Waals surface area contributed by atoms with Crippen molar-refractivity contribution in [3.63, 3.8) is 0 Å². The first-order valence-corrected chi connectivity index (χ1v) is 5.71. The highest BCUT2D eigenvalue weighted by molar-refractivity contribution is 5.91. The molecule has 0 fully saturated rings. The number of aromatic nitrogens is 1. The van der Waals surface area contributed by atoms with Crippen LogP contribution >= 0.6 is 0 Å². The van der Waals surface area contributed by atoms with Crippen molar-refractivity contribution in [2.75, 3.05) is 6.54 Å². The van der Waals surface area contributed by atoms with E-state index >= 15 is 0 Å². The first-order chi connectivity index (χ1) is 9.06. The fraction of sp³-hybridized carbons (Fsp3) is 0.231. The molecule has 2 aromatic rings. The van der Waals surface area contributed by atoms with Crippen LogP contribution in [0.1, 0.15) is 27.9 Å². The van der Waals surface area contributed by atoms with Gasteiger partial charge in [-0.2, -0.15) is 0 Å². The highest BCUT2D eigenvalue weighted by atomic mass is 19.1. The minimum absolute atomic E-state index is 0.00418. The number of carbonyl (C=O) groups is 1. The molecule has 0 aliphatic rings. The van der Waals surface area contributed by atoms with E-state index < -0.39 is 12.0 Å². The Labute approximate surface area is 109 Å². The maximum atomic E-state index is 12.7. The largest absolute Gasteiger partial charge is 0.387 e. The molecule has 0 saturated heterocycles. The zero-order valence-electron chi connectivity index (χ0n) is 10.3. The average Bonchev–Trinajstić information content (AvgIpc) is 2.83. The Morgan fingerprint density at radius 1 is 1.47 bits per heavy atom. The van der Waals surface area contributed by atoms with Crippen LogP contribution in [0.4, 0.5) is 4.39 Å². The number of nitrogens with one attached hydrogen (secondary N) is 1. The third kappa shape index (κ3) is 3.38. The van der Waals surface area contributed by atoms with Gasteiger partial charge in [0.15, 0.2) is 0 Å². The fourth-order valence-corrected chi connectivity index (χ4v) is 1.55. The molecule has 6 heteroatoms. The van der Waals surface area contributed by atoms with Gasteiger partial charge in [0, 0.05) is 12.6 Å². The van der Waals surface area contributed by atoms with Gasteiger partial charge < -0.3 is 14.9 Å². The number of hydrogen-bond acceptors (Lipinski definition) is 4. The van der Waals surface area contributed by atoms with Gasteiger partial charge in [-0.05, 0) is 24.6 Å². The highest BCUT2D eigenvalue weighted by Crippen LogP contribution is 2.12. The van der Waals surface area contributed by atoms with Crippen molar-refractivity contribution in [1.82, 2.24) is 10.5 Å². The zero-order valence-corrected chi connectivity index (χ0v) is 10.3. The summed E-state index contributed by atoms with van der Waals surface area (Å²) in [5.41, 5.74) is 1.12.